The predicted octanol–water partition coefficient (Wildman–Crippen LogP) is 2.88. The molecule has 0 radical (unpaired) electrons. The molecule has 10 heavy (non-hydrogen) atoms. The Balaban J connectivity index is 3.13. The van der Waals surface area contributed by atoms with Gasteiger partial charge in [0, 0.05) is 0 Å². The van der Waals surface area contributed by atoms with E-state index in [2.05, 4.69) is 29.5 Å². The average Bonchev–Trinajstić information content (AvgIpc) is 1.89. The van der Waals surface area contributed by atoms with Crippen molar-refractivity contribution in [1.82, 2.24) is 0 Å². The van der Waals surface area contributed by atoms with Crippen LogP contribution in [0.3, 0.4) is 0 Å². The number of unbranched alkanes of at least 4 members (excludes halogenated alkanes) is 2. The Hall–Kier alpha value is 0.430. The number of aliphatic hydroxyl groups is 1. The molecule has 1 nitrogen and oxygen atoms in total. The van der Waals surface area contributed by atoms with Crippen molar-refractivity contribution >= 4 is 22.6 Å². The molecule has 0 aliphatic heterocycles. The maximum absolute atomic E-state index is 9.18. The summed E-state index contributed by atoms with van der Waals surface area (Å²) in [6.45, 7) is 2.17. The zero-order chi connectivity index (χ0) is 7.82. The van der Waals surface area contributed by atoms with Crippen LogP contribution in [0, 0.1) is 0 Å². The summed E-state index contributed by atoms with van der Waals surface area (Å²) < 4.78 is 1.87. The van der Waals surface area contributed by atoms with Crippen LogP contribution in [-0.2, 0) is 0 Å². The Morgan fingerprint density at radius 1 is 1.50 bits per heavy atom. The molecule has 0 aliphatic carbocycles. The highest BCUT2D eigenvalue weighted by molar-refractivity contribution is 14.1. The minimum Gasteiger partial charge on any atom is -0.389 e. The van der Waals surface area contributed by atoms with Crippen LogP contribution in [0.5, 0.6) is 0 Å². The van der Waals surface area contributed by atoms with Gasteiger partial charge in [-0.3, -0.25) is 0 Å². The predicted molar refractivity (Wildman–Crippen MR) is 53.3 cm³/mol. The van der Waals surface area contributed by atoms with Crippen LogP contribution in [0.1, 0.15) is 32.6 Å². The average molecular weight is 254 g/mol. The maximum Gasteiger partial charge on any atom is 0.0728 e. The van der Waals surface area contributed by atoms with Crippen molar-refractivity contribution < 1.29 is 5.11 Å². The molecule has 2 heteroatoms. The van der Waals surface area contributed by atoms with E-state index in [-0.39, 0.29) is 6.10 Å². The van der Waals surface area contributed by atoms with Gasteiger partial charge >= 0.3 is 0 Å². The fraction of sp³-hybridized carbons (Fsp3) is 0.750. The van der Waals surface area contributed by atoms with Crippen molar-refractivity contribution in [1.29, 1.82) is 0 Å². The van der Waals surface area contributed by atoms with Crippen molar-refractivity contribution in [3.8, 4) is 0 Å². The second-order valence-corrected chi connectivity index (χ2v) is 3.10. The van der Waals surface area contributed by atoms with Crippen LogP contribution >= 0.6 is 22.6 Å². The van der Waals surface area contributed by atoms with Gasteiger partial charge in [0.15, 0.2) is 0 Å². The van der Waals surface area contributed by atoms with Gasteiger partial charge < -0.3 is 5.11 Å². The Morgan fingerprint density at radius 3 is 2.70 bits per heavy atom. The summed E-state index contributed by atoms with van der Waals surface area (Å²) >= 11 is 2.12. The molecule has 0 saturated carbocycles. The fourth-order valence-corrected chi connectivity index (χ4v) is 1.26. The Morgan fingerprint density at radius 2 is 2.20 bits per heavy atom. The van der Waals surface area contributed by atoms with Gasteiger partial charge in [0.1, 0.15) is 0 Å². The molecular formula is C8H15IO. The second kappa shape index (κ2) is 7.54. The van der Waals surface area contributed by atoms with Crippen LogP contribution in [0.2, 0.25) is 0 Å². The smallest absolute Gasteiger partial charge is 0.0728 e. The van der Waals surface area contributed by atoms with Gasteiger partial charge in [0.05, 0.1) is 6.10 Å². The largest absolute Gasteiger partial charge is 0.389 e. The molecule has 0 aromatic carbocycles. The van der Waals surface area contributed by atoms with Gasteiger partial charge in [-0.25, -0.2) is 0 Å². The first-order valence-electron chi connectivity index (χ1n) is 3.76. The highest BCUT2D eigenvalue weighted by Gasteiger charge is 1.96. The number of rotatable bonds is 5. The van der Waals surface area contributed by atoms with E-state index in [4.69, 9.17) is 0 Å². The van der Waals surface area contributed by atoms with E-state index in [0.717, 1.165) is 12.8 Å². The van der Waals surface area contributed by atoms with Gasteiger partial charge in [-0.2, -0.15) is 0 Å². The van der Waals surface area contributed by atoms with Crippen molar-refractivity contribution in [3.05, 3.63) is 10.2 Å². The molecule has 0 rings (SSSR count). The lowest BCUT2D eigenvalue weighted by molar-refractivity contribution is 0.208. The Kier molecular flexibility index (Phi) is 7.86. The first kappa shape index (κ1) is 10.4. The molecule has 0 aromatic rings. The molecule has 0 bridgehead atoms. The minimum atomic E-state index is -0.219. The summed E-state index contributed by atoms with van der Waals surface area (Å²) in [6, 6.07) is 0. The van der Waals surface area contributed by atoms with E-state index in [0.29, 0.717) is 0 Å². The van der Waals surface area contributed by atoms with Gasteiger partial charge in [-0.15, -0.1) is 0 Å². The van der Waals surface area contributed by atoms with Gasteiger partial charge in [-0.05, 0) is 10.5 Å². The quantitative estimate of drug-likeness (QED) is 0.590. The molecule has 60 valence electrons. The number of halogens is 1. The molecule has 0 saturated heterocycles. The molecule has 0 aliphatic rings. The number of aliphatic hydroxyl groups excluding tert-OH is 1. The van der Waals surface area contributed by atoms with Crippen molar-refractivity contribution in [2.24, 2.45) is 0 Å². The van der Waals surface area contributed by atoms with Crippen LogP contribution in [0.25, 0.3) is 0 Å². The van der Waals surface area contributed by atoms with E-state index in [1.54, 1.807) is 0 Å². The third-order valence-corrected chi connectivity index (χ3v) is 1.81. The molecular weight excluding hydrogens is 239 g/mol. The van der Waals surface area contributed by atoms with Crippen LogP contribution in [0.4, 0.5) is 0 Å². The molecule has 0 unspecified atom stereocenters. The summed E-state index contributed by atoms with van der Waals surface area (Å²) in [5.74, 6) is 0. The van der Waals surface area contributed by atoms with Crippen LogP contribution in [0.15, 0.2) is 10.2 Å². The standard InChI is InChI=1S/C8H15IO/c1-2-3-4-5-8(10)6-7-9/h6-8,10H,2-5H2,1H3/t8-/m1/s1. The summed E-state index contributed by atoms with van der Waals surface area (Å²) in [5, 5.41) is 9.18. The van der Waals surface area contributed by atoms with E-state index >= 15 is 0 Å². The van der Waals surface area contributed by atoms with Crippen molar-refractivity contribution in [2.75, 3.05) is 0 Å². The van der Waals surface area contributed by atoms with E-state index in [9.17, 15) is 5.11 Å². The SMILES string of the molecule is CCCCC[C@@H](O)C=CI. The third kappa shape index (κ3) is 6.55. The minimum absolute atomic E-state index is 0.219. The third-order valence-electron chi connectivity index (χ3n) is 1.40. The summed E-state index contributed by atoms with van der Waals surface area (Å²) in [5.41, 5.74) is 0. The molecule has 0 heterocycles. The topological polar surface area (TPSA) is 20.2 Å². The Bertz CT molecular complexity index is 91.3. The molecule has 0 amide bonds. The summed E-state index contributed by atoms with van der Waals surface area (Å²) in [7, 11) is 0. The van der Waals surface area contributed by atoms with E-state index in [1.807, 2.05) is 10.2 Å². The van der Waals surface area contributed by atoms with Gasteiger partial charge in [-0.1, -0.05) is 54.9 Å². The molecule has 0 fully saturated rings. The van der Waals surface area contributed by atoms with E-state index in [1.165, 1.54) is 12.8 Å². The van der Waals surface area contributed by atoms with Gasteiger partial charge in [0.2, 0.25) is 0 Å². The van der Waals surface area contributed by atoms with Gasteiger partial charge in [0.25, 0.3) is 0 Å². The lowest BCUT2D eigenvalue weighted by Gasteiger charge is -2.02. The molecule has 1 N–H and O–H groups in total. The molecule has 1 atom stereocenters. The molecule has 0 aromatic heterocycles. The first-order valence-corrected chi connectivity index (χ1v) is 5.00. The molecule has 0 spiro atoms. The Labute approximate surface area is 76.7 Å². The van der Waals surface area contributed by atoms with Crippen molar-refractivity contribution in [3.63, 3.8) is 0 Å². The zero-order valence-electron chi connectivity index (χ0n) is 6.39. The second-order valence-electron chi connectivity index (χ2n) is 2.38. The summed E-state index contributed by atoms with van der Waals surface area (Å²) in [4.78, 5) is 0. The monoisotopic (exact) mass is 254 g/mol. The van der Waals surface area contributed by atoms with Crippen LogP contribution < -0.4 is 0 Å². The zero-order valence-corrected chi connectivity index (χ0v) is 8.54. The van der Waals surface area contributed by atoms with Crippen LogP contribution in [-0.4, -0.2) is 11.2 Å². The number of hydrogen-bond acceptors (Lipinski definition) is 1. The van der Waals surface area contributed by atoms with Crippen molar-refractivity contribution in [2.45, 2.75) is 38.7 Å². The normalized spacial score (nSPS) is 14.3. The highest BCUT2D eigenvalue weighted by Crippen LogP contribution is 2.04. The van der Waals surface area contributed by atoms with E-state index < -0.39 is 0 Å². The first-order chi connectivity index (χ1) is 4.81. The highest BCUT2D eigenvalue weighted by atomic mass is 127. The fourth-order valence-electron chi connectivity index (χ4n) is 0.784. The lowest BCUT2D eigenvalue weighted by Crippen LogP contribution is -2.00. The number of hydrogen-bond donors (Lipinski definition) is 1. The maximum atomic E-state index is 9.18. The lowest BCUT2D eigenvalue weighted by atomic mass is 10.1. The summed E-state index contributed by atoms with van der Waals surface area (Å²) in [6.07, 6.45) is 6.11.